The second-order valence-corrected chi connectivity index (χ2v) is 9.76. The van der Waals surface area contributed by atoms with E-state index in [0.29, 0.717) is 56.2 Å². The summed E-state index contributed by atoms with van der Waals surface area (Å²) in [4.78, 5) is 33.3. The van der Waals surface area contributed by atoms with Crippen LogP contribution in [0, 0.1) is 5.92 Å². The van der Waals surface area contributed by atoms with Gasteiger partial charge in [-0.3, -0.25) is 9.59 Å². The fourth-order valence-electron chi connectivity index (χ4n) is 5.22. The molecule has 39 heavy (non-hydrogen) atoms. The monoisotopic (exact) mass is 528 g/mol. The average Bonchev–Trinajstić information content (AvgIpc) is 3.37. The maximum atomic E-state index is 13.4. The van der Waals surface area contributed by atoms with E-state index in [4.69, 9.17) is 9.47 Å². The topological polar surface area (TPSA) is 116 Å². The Kier molecular flexibility index (Phi) is 7.76. The number of hydrogen-bond acceptors (Lipinski definition) is 6. The van der Waals surface area contributed by atoms with Gasteiger partial charge in [0.1, 0.15) is 0 Å². The van der Waals surface area contributed by atoms with Crippen molar-refractivity contribution < 1.29 is 24.2 Å². The van der Waals surface area contributed by atoms with Crippen LogP contribution in [-0.2, 0) is 11.3 Å². The van der Waals surface area contributed by atoms with E-state index in [0.717, 1.165) is 27.6 Å². The Hall–Kier alpha value is -4.40. The molecule has 3 heterocycles. The minimum atomic E-state index is -0.761. The second-order valence-electron chi connectivity index (χ2n) is 9.76. The Bertz CT molecular complexity index is 1470. The normalized spacial score (nSPS) is 17.1. The summed E-state index contributed by atoms with van der Waals surface area (Å²) < 4.78 is 13.0. The van der Waals surface area contributed by atoms with E-state index in [1.807, 2.05) is 35.9 Å². The number of aliphatic carboxylic acids is 1. The third kappa shape index (κ3) is 5.72. The second kappa shape index (κ2) is 11.6. The number of rotatable bonds is 9. The molecule has 1 aromatic carbocycles. The predicted octanol–water partition coefficient (Wildman–Crippen LogP) is 4.93. The number of carboxylic acid groups (broad SMARTS) is 1. The molecule has 2 N–H and O–H groups in total. The molecule has 3 aromatic heterocycles. The molecule has 202 valence electrons. The van der Waals surface area contributed by atoms with Gasteiger partial charge < -0.3 is 24.5 Å². The molecule has 0 spiro atoms. The Balaban J connectivity index is 1.37. The van der Waals surface area contributed by atoms with Gasteiger partial charge in [-0.2, -0.15) is 0 Å². The Morgan fingerprint density at radius 1 is 1.05 bits per heavy atom. The quantitative estimate of drug-likeness (QED) is 0.317. The van der Waals surface area contributed by atoms with E-state index in [1.54, 1.807) is 19.5 Å². The summed E-state index contributed by atoms with van der Waals surface area (Å²) in [5.41, 5.74) is 4.37. The fraction of sp³-hybridized carbons (Fsp3) is 0.333. The Morgan fingerprint density at radius 3 is 2.51 bits per heavy atom. The first-order chi connectivity index (χ1) is 19.0. The fourth-order valence-corrected chi connectivity index (χ4v) is 5.22. The molecule has 0 bridgehead atoms. The van der Waals surface area contributed by atoms with Crippen molar-refractivity contribution >= 4 is 22.8 Å². The maximum absolute atomic E-state index is 13.4. The molecule has 0 saturated heterocycles. The van der Waals surface area contributed by atoms with Gasteiger partial charge in [0.2, 0.25) is 11.8 Å². The van der Waals surface area contributed by atoms with E-state index >= 15 is 0 Å². The number of ether oxygens (including phenoxy) is 2. The molecule has 1 saturated carbocycles. The van der Waals surface area contributed by atoms with E-state index in [2.05, 4.69) is 39.6 Å². The molecule has 1 amide bonds. The third-order valence-electron chi connectivity index (χ3n) is 7.28. The first-order valence-electron chi connectivity index (χ1n) is 13.2. The lowest BCUT2D eigenvalue weighted by Gasteiger charge is -2.27. The van der Waals surface area contributed by atoms with Gasteiger partial charge in [-0.25, -0.2) is 9.97 Å². The van der Waals surface area contributed by atoms with Gasteiger partial charge in [0.05, 0.1) is 36.1 Å². The zero-order chi connectivity index (χ0) is 27.4. The number of nitrogens with zero attached hydrogens (tertiary/aromatic N) is 3. The third-order valence-corrected chi connectivity index (χ3v) is 7.28. The molecule has 0 aliphatic heterocycles. The van der Waals surface area contributed by atoms with Gasteiger partial charge >= 0.3 is 5.97 Å². The van der Waals surface area contributed by atoms with Crippen LogP contribution in [0.2, 0.25) is 0 Å². The molecule has 0 unspecified atom stereocenters. The SMILES string of the molecule is CCOc1cc(-c2ccc(Cn3ccc4c(OC)ncc(C(=O)NC5CCC(C(=O)O)CC5)c43)cc2)ccn1. The van der Waals surface area contributed by atoms with Gasteiger partial charge in [0.15, 0.2) is 0 Å². The summed E-state index contributed by atoms with van der Waals surface area (Å²) in [6, 6.07) is 14.0. The number of carboxylic acids is 1. The van der Waals surface area contributed by atoms with Crippen LogP contribution in [0.4, 0.5) is 0 Å². The highest BCUT2D eigenvalue weighted by Gasteiger charge is 2.28. The van der Waals surface area contributed by atoms with Crippen LogP contribution >= 0.6 is 0 Å². The molecule has 0 atom stereocenters. The molecule has 1 fully saturated rings. The summed E-state index contributed by atoms with van der Waals surface area (Å²) in [7, 11) is 1.56. The van der Waals surface area contributed by atoms with Crippen molar-refractivity contribution in [3.8, 4) is 22.9 Å². The van der Waals surface area contributed by atoms with Gasteiger partial charge in [-0.05, 0) is 61.4 Å². The number of carbonyl (C=O) groups is 2. The number of nitrogens with one attached hydrogen (secondary N) is 1. The number of pyridine rings is 2. The van der Waals surface area contributed by atoms with Gasteiger partial charge in [-0.15, -0.1) is 0 Å². The number of fused-ring (bicyclic) bond motifs is 1. The molecule has 4 aromatic rings. The minimum absolute atomic E-state index is 0.0577. The van der Waals surface area contributed by atoms with Crippen LogP contribution in [0.25, 0.3) is 22.0 Å². The smallest absolute Gasteiger partial charge is 0.306 e. The standard InChI is InChI=1S/C30H32N4O5/c1-3-39-26-16-22(12-14-31-26)20-6-4-19(5-7-20)18-34-15-13-24-27(34)25(17-32-29(24)38-2)28(35)33-23-10-8-21(9-11-23)30(36)37/h4-7,12-17,21,23H,3,8-11,18H2,1-2H3,(H,33,35)(H,36,37). The van der Waals surface area contributed by atoms with Gasteiger partial charge in [0, 0.05) is 37.2 Å². The highest BCUT2D eigenvalue weighted by atomic mass is 16.5. The molecule has 9 heteroatoms. The number of amides is 1. The maximum Gasteiger partial charge on any atom is 0.306 e. The van der Waals surface area contributed by atoms with Crippen LogP contribution in [-0.4, -0.2) is 51.3 Å². The molecule has 5 rings (SSSR count). The Morgan fingerprint density at radius 2 is 1.82 bits per heavy atom. The van der Waals surface area contributed by atoms with Crippen LogP contribution in [0.5, 0.6) is 11.8 Å². The summed E-state index contributed by atoms with van der Waals surface area (Å²) in [6.07, 6.45) is 7.66. The molecule has 1 aliphatic carbocycles. The van der Waals surface area contributed by atoms with E-state index < -0.39 is 5.97 Å². The molecule has 1 aliphatic rings. The predicted molar refractivity (Wildman–Crippen MR) is 147 cm³/mol. The summed E-state index contributed by atoms with van der Waals surface area (Å²) in [5.74, 6) is -0.252. The molecular formula is C30H32N4O5. The lowest BCUT2D eigenvalue weighted by Crippen LogP contribution is -2.39. The highest BCUT2D eigenvalue weighted by Crippen LogP contribution is 2.30. The molecule has 0 radical (unpaired) electrons. The lowest BCUT2D eigenvalue weighted by atomic mass is 9.86. The number of aromatic nitrogens is 3. The van der Waals surface area contributed by atoms with Crippen LogP contribution in [0.15, 0.2) is 61.1 Å². The number of methoxy groups -OCH3 is 1. The minimum Gasteiger partial charge on any atom is -0.481 e. The lowest BCUT2D eigenvalue weighted by molar-refractivity contribution is -0.142. The summed E-state index contributed by atoms with van der Waals surface area (Å²) >= 11 is 0. The largest absolute Gasteiger partial charge is 0.481 e. The number of carbonyl (C=O) groups excluding carboxylic acids is 1. The van der Waals surface area contributed by atoms with Crippen molar-refractivity contribution in [1.29, 1.82) is 0 Å². The average molecular weight is 529 g/mol. The van der Waals surface area contributed by atoms with Crippen molar-refractivity contribution in [1.82, 2.24) is 19.9 Å². The Labute approximate surface area is 226 Å². The van der Waals surface area contributed by atoms with Crippen LogP contribution < -0.4 is 14.8 Å². The number of benzene rings is 1. The van der Waals surface area contributed by atoms with Crippen molar-refractivity contribution in [2.45, 2.75) is 45.2 Å². The van der Waals surface area contributed by atoms with E-state index in [-0.39, 0.29) is 17.9 Å². The zero-order valence-electron chi connectivity index (χ0n) is 22.1. The van der Waals surface area contributed by atoms with Crippen molar-refractivity contribution in [2.75, 3.05) is 13.7 Å². The van der Waals surface area contributed by atoms with Crippen LogP contribution in [0.1, 0.15) is 48.5 Å². The first-order valence-corrected chi connectivity index (χ1v) is 13.2. The summed E-state index contributed by atoms with van der Waals surface area (Å²) in [5, 5.41) is 13.1. The molecule has 9 nitrogen and oxygen atoms in total. The highest BCUT2D eigenvalue weighted by molar-refractivity contribution is 6.07. The van der Waals surface area contributed by atoms with E-state index in [1.165, 1.54) is 0 Å². The van der Waals surface area contributed by atoms with Crippen molar-refractivity contribution in [3.63, 3.8) is 0 Å². The van der Waals surface area contributed by atoms with Gasteiger partial charge in [-0.1, -0.05) is 24.3 Å². The van der Waals surface area contributed by atoms with Gasteiger partial charge in [0.25, 0.3) is 5.91 Å². The van der Waals surface area contributed by atoms with E-state index in [9.17, 15) is 14.7 Å². The van der Waals surface area contributed by atoms with Crippen molar-refractivity contribution in [3.05, 3.63) is 72.2 Å². The van der Waals surface area contributed by atoms with Crippen LogP contribution in [0.3, 0.4) is 0 Å². The zero-order valence-corrected chi connectivity index (χ0v) is 22.1. The number of hydrogen-bond donors (Lipinski definition) is 2. The first kappa shape index (κ1) is 26.2. The van der Waals surface area contributed by atoms with Crippen molar-refractivity contribution in [2.24, 2.45) is 5.92 Å². The molecular weight excluding hydrogens is 496 g/mol. The summed E-state index contributed by atoms with van der Waals surface area (Å²) in [6.45, 7) is 3.05.